The number of carboxylic acids is 1. The fraction of sp³-hybridized carbons (Fsp3) is 0.385. The van der Waals surface area contributed by atoms with Crippen LogP contribution in [0.2, 0.25) is 0 Å². The largest absolute Gasteiger partial charge is 0.509 e. The molecule has 1 N–H and O–H groups in total. The number of carbonyl (C=O) groups is 2. The fourth-order valence-corrected chi connectivity index (χ4v) is 1.78. The van der Waals surface area contributed by atoms with Gasteiger partial charge in [-0.3, -0.25) is 0 Å². The van der Waals surface area contributed by atoms with Crippen molar-refractivity contribution in [3.05, 3.63) is 35.9 Å². The zero-order valence-electron chi connectivity index (χ0n) is 10.4. The van der Waals surface area contributed by atoms with Crippen molar-refractivity contribution in [2.75, 3.05) is 6.61 Å². The van der Waals surface area contributed by atoms with Gasteiger partial charge in [-0.05, 0) is 12.5 Å². The van der Waals surface area contributed by atoms with Crippen LogP contribution < -0.4 is 0 Å². The van der Waals surface area contributed by atoms with E-state index >= 15 is 0 Å². The molecule has 1 fully saturated rings. The molecule has 102 valence electrons. The molecule has 2 rings (SSSR count). The molecule has 0 amide bonds. The van der Waals surface area contributed by atoms with E-state index in [9.17, 15) is 9.59 Å². The highest BCUT2D eigenvalue weighted by molar-refractivity contribution is 5.78. The summed E-state index contributed by atoms with van der Waals surface area (Å²) >= 11 is 0. The quantitative estimate of drug-likeness (QED) is 0.833. The van der Waals surface area contributed by atoms with Crippen LogP contribution in [-0.4, -0.2) is 35.5 Å². The Kier molecular flexibility index (Phi) is 3.71. The SMILES string of the molecule is CC1(OCc2ccccc2)COC(=O)OC1C(=O)O. The number of aliphatic carboxylic acids is 1. The molecule has 0 radical (unpaired) electrons. The van der Waals surface area contributed by atoms with E-state index in [1.54, 1.807) is 6.92 Å². The van der Waals surface area contributed by atoms with E-state index in [-0.39, 0.29) is 13.2 Å². The number of carbonyl (C=O) groups excluding carboxylic acids is 1. The summed E-state index contributed by atoms with van der Waals surface area (Å²) in [6.07, 6.45) is -2.37. The lowest BCUT2D eigenvalue weighted by Crippen LogP contribution is -2.56. The predicted molar refractivity (Wildman–Crippen MR) is 63.5 cm³/mol. The third kappa shape index (κ3) is 3.03. The number of carboxylic acid groups (broad SMARTS) is 1. The molecule has 6 nitrogen and oxygen atoms in total. The van der Waals surface area contributed by atoms with Gasteiger partial charge in [0.15, 0.2) is 0 Å². The van der Waals surface area contributed by atoms with Gasteiger partial charge in [0.05, 0.1) is 6.61 Å². The smallest absolute Gasteiger partial charge is 0.478 e. The van der Waals surface area contributed by atoms with E-state index < -0.39 is 23.8 Å². The van der Waals surface area contributed by atoms with Crippen molar-refractivity contribution in [3.8, 4) is 0 Å². The van der Waals surface area contributed by atoms with Gasteiger partial charge in [-0.15, -0.1) is 0 Å². The van der Waals surface area contributed by atoms with E-state index in [4.69, 9.17) is 14.6 Å². The van der Waals surface area contributed by atoms with Crippen molar-refractivity contribution in [1.82, 2.24) is 0 Å². The molecule has 1 aliphatic rings. The summed E-state index contributed by atoms with van der Waals surface area (Å²) in [7, 11) is 0. The van der Waals surface area contributed by atoms with Gasteiger partial charge in [0.2, 0.25) is 6.10 Å². The van der Waals surface area contributed by atoms with Gasteiger partial charge >= 0.3 is 12.1 Å². The molecule has 1 aromatic carbocycles. The van der Waals surface area contributed by atoms with Gasteiger partial charge in [-0.2, -0.15) is 0 Å². The van der Waals surface area contributed by atoms with Crippen LogP contribution in [0.4, 0.5) is 4.79 Å². The minimum atomic E-state index is -1.38. The maximum absolute atomic E-state index is 11.1. The first-order valence-electron chi connectivity index (χ1n) is 5.75. The highest BCUT2D eigenvalue weighted by atomic mass is 16.8. The second kappa shape index (κ2) is 5.27. The number of rotatable bonds is 4. The summed E-state index contributed by atoms with van der Waals surface area (Å²) in [5.41, 5.74) is -0.319. The Labute approximate surface area is 109 Å². The van der Waals surface area contributed by atoms with Crippen LogP contribution >= 0.6 is 0 Å². The number of benzene rings is 1. The van der Waals surface area contributed by atoms with Gasteiger partial charge in [-0.1, -0.05) is 30.3 Å². The normalized spacial score (nSPS) is 26.4. The molecule has 2 unspecified atom stereocenters. The molecule has 0 saturated carbocycles. The zero-order valence-corrected chi connectivity index (χ0v) is 10.4. The third-order valence-electron chi connectivity index (χ3n) is 2.88. The molecule has 1 heterocycles. The first-order chi connectivity index (χ1) is 9.01. The molecule has 6 heteroatoms. The van der Waals surface area contributed by atoms with Crippen LogP contribution in [0.15, 0.2) is 30.3 Å². The Hall–Kier alpha value is -2.08. The Balaban J connectivity index is 2.07. The first kappa shape index (κ1) is 13.4. The first-order valence-corrected chi connectivity index (χ1v) is 5.75. The number of cyclic esters (lactones) is 2. The summed E-state index contributed by atoms with van der Waals surface area (Å²) < 4.78 is 15.0. The lowest BCUT2D eigenvalue weighted by atomic mass is 9.99. The van der Waals surface area contributed by atoms with Crippen molar-refractivity contribution in [2.45, 2.75) is 25.2 Å². The molecule has 0 aromatic heterocycles. The molecule has 0 bridgehead atoms. The molecule has 19 heavy (non-hydrogen) atoms. The average Bonchev–Trinajstić information content (AvgIpc) is 2.41. The molecule has 2 atom stereocenters. The van der Waals surface area contributed by atoms with Crippen LogP contribution in [0.3, 0.4) is 0 Å². The van der Waals surface area contributed by atoms with E-state index in [0.29, 0.717) is 0 Å². The summed E-state index contributed by atoms with van der Waals surface area (Å²) in [5.74, 6) is -1.26. The van der Waals surface area contributed by atoms with Gasteiger partial charge in [0.1, 0.15) is 12.2 Å². The molecule has 1 aromatic rings. The second-order valence-electron chi connectivity index (χ2n) is 4.46. The summed E-state index contributed by atoms with van der Waals surface area (Å²) in [6, 6.07) is 9.29. The maximum atomic E-state index is 11.1. The molecule has 0 spiro atoms. The van der Waals surface area contributed by atoms with Crippen LogP contribution in [-0.2, 0) is 25.6 Å². The average molecular weight is 266 g/mol. The van der Waals surface area contributed by atoms with E-state index in [1.807, 2.05) is 30.3 Å². The second-order valence-corrected chi connectivity index (χ2v) is 4.46. The molecular formula is C13H14O6. The summed E-state index contributed by atoms with van der Waals surface area (Å²) in [6.45, 7) is 1.60. The maximum Gasteiger partial charge on any atom is 0.509 e. The Morgan fingerprint density at radius 2 is 2.16 bits per heavy atom. The number of hydrogen-bond acceptors (Lipinski definition) is 5. The highest BCUT2D eigenvalue weighted by Gasteiger charge is 2.48. The van der Waals surface area contributed by atoms with E-state index in [1.165, 1.54) is 0 Å². The van der Waals surface area contributed by atoms with Crippen molar-refractivity contribution in [3.63, 3.8) is 0 Å². The molecule has 1 saturated heterocycles. The van der Waals surface area contributed by atoms with E-state index in [0.717, 1.165) is 5.56 Å². The summed E-state index contributed by atoms with van der Waals surface area (Å²) in [4.78, 5) is 22.1. The Morgan fingerprint density at radius 3 is 2.79 bits per heavy atom. The minimum absolute atomic E-state index is 0.157. The van der Waals surface area contributed by atoms with Crippen molar-refractivity contribution >= 4 is 12.1 Å². The summed E-state index contributed by atoms with van der Waals surface area (Å²) in [5, 5.41) is 9.08. The van der Waals surface area contributed by atoms with E-state index in [2.05, 4.69) is 4.74 Å². The fourth-order valence-electron chi connectivity index (χ4n) is 1.78. The molecular weight excluding hydrogens is 252 g/mol. The van der Waals surface area contributed by atoms with Crippen LogP contribution in [0.25, 0.3) is 0 Å². The zero-order chi connectivity index (χ0) is 13.9. The Bertz CT molecular complexity index is 471. The number of hydrogen-bond donors (Lipinski definition) is 1. The van der Waals surface area contributed by atoms with Crippen molar-refractivity contribution in [2.24, 2.45) is 0 Å². The van der Waals surface area contributed by atoms with Crippen LogP contribution in [0, 0.1) is 0 Å². The van der Waals surface area contributed by atoms with Gasteiger partial charge in [-0.25, -0.2) is 9.59 Å². The lowest BCUT2D eigenvalue weighted by Gasteiger charge is -2.37. The monoisotopic (exact) mass is 266 g/mol. The molecule has 1 aliphatic heterocycles. The molecule has 0 aliphatic carbocycles. The number of ether oxygens (including phenoxy) is 3. The highest BCUT2D eigenvalue weighted by Crippen LogP contribution is 2.26. The standard InChI is InChI=1S/C13H14O6/c1-13(18-7-9-5-3-2-4-6-9)8-17-12(16)19-10(13)11(14)15/h2-6,10H,7-8H2,1H3,(H,14,15). The third-order valence-corrected chi connectivity index (χ3v) is 2.88. The minimum Gasteiger partial charge on any atom is -0.478 e. The van der Waals surface area contributed by atoms with Gasteiger partial charge in [0.25, 0.3) is 0 Å². The van der Waals surface area contributed by atoms with Crippen LogP contribution in [0.1, 0.15) is 12.5 Å². The lowest BCUT2D eigenvalue weighted by molar-refractivity contribution is -0.202. The van der Waals surface area contributed by atoms with Crippen LogP contribution in [0.5, 0.6) is 0 Å². The van der Waals surface area contributed by atoms with Gasteiger partial charge in [0, 0.05) is 0 Å². The van der Waals surface area contributed by atoms with Gasteiger partial charge < -0.3 is 19.3 Å². The predicted octanol–water partition coefficient (Wildman–Crippen LogP) is 1.58. The Morgan fingerprint density at radius 1 is 1.47 bits per heavy atom. The van der Waals surface area contributed by atoms with Crippen molar-refractivity contribution < 1.29 is 28.9 Å². The van der Waals surface area contributed by atoms with Crippen molar-refractivity contribution in [1.29, 1.82) is 0 Å². The topological polar surface area (TPSA) is 82.1 Å².